The van der Waals surface area contributed by atoms with Crippen LogP contribution in [-0.4, -0.2) is 59.7 Å². The fourth-order valence-corrected chi connectivity index (χ4v) is 4.56. The number of ether oxygens (including phenoxy) is 2. The molecule has 3 rings (SSSR count). The van der Waals surface area contributed by atoms with Gasteiger partial charge in [0.15, 0.2) is 11.5 Å². The van der Waals surface area contributed by atoms with Crippen LogP contribution in [0.2, 0.25) is 0 Å². The Bertz CT molecular complexity index is 883. The van der Waals surface area contributed by atoms with Gasteiger partial charge in [0, 0.05) is 12.6 Å². The molecule has 2 heterocycles. The Kier molecular flexibility index (Phi) is 7.07. The topological polar surface area (TPSA) is 76.2 Å². The molecule has 2 aliphatic heterocycles. The van der Waals surface area contributed by atoms with E-state index in [-0.39, 0.29) is 18.5 Å². The minimum atomic E-state index is -0.434. The molecule has 0 unspecified atom stereocenters. The molecule has 1 atom stereocenters. The molecule has 8 heteroatoms. The normalized spacial score (nSPS) is 20.8. The van der Waals surface area contributed by atoms with Crippen LogP contribution in [0.5, 0.6) is 11.5 Å². The molecule has 2 saturated heterocycles. The average Bonchev–Trinajstić information content (AvgIpc) is 2.98. The zero-order valence-electron chi connectivity index (χ0n) is 17.9. The van der Waals surface area contributed by atoms with Crippen molar-refractivity contribution in [3.05, 3.63) is 28.2 Å². The minimum absolute atomic E-state index is 0.139. The Balaban J connectivity index is 1.79. The number of nitrogens with zero attached hydrogens (tertiary/aromatic N) is 2. The summed E-state index contributed by atoms with van der Waals surface area (Å²) in [5.74, 6) is 0.576. The molecule has 0 N–H and O–H groups in total. The van der Waals surface area contributed by atoms with E-state index in [0.717, 1.165) is 47.1 Å². The molecule has 0 aromatic heterocycles. The molecule has 162 valence electrons. The van der Waals surface area contributed by atoms with Crippen molar-refractivity contribution in [2.45, 2.75) is 46.1 Å². The number of imide groups is 1. The Morgan fingerprint density at radius 1 is 1.27 bits per heavy atom. The van der Waals surface area contributed by atoms with Crippen molar-refractivity contribution in [3.63, 3.8) is 0 Å². The SMILES string of the molecule is CCOc1cc(/C=C2\SC(=O)N(CC(=O)N3CCCC[C@H]3C)C2=O)c(C)cc1OC. The molecule has 2 fully saturated rings. The van der Waals surface area contributed by atoms with Crippen molar-refractivity contribution in [3.8, 4) is 11.5 Å². The van der Waals surface area contributed by atoms with Gasteiger partial charge in [-0.15, -0.1) is 0 Å². The van der Waals surface area contributed by atoms with Crippen LogP contribution in [0.3, 0.4) is 0 Å². The number of aryl methyl sites for hydroxylation is 1. The van der Waals surface area contributed by atoms with Crippen molar-refractivity contribution in [1.29, 1.82) is 0 Å². The summed E-state index contributed by atoms with van der Waals surface area (Å²) in [7, 11) is 1.57. The van der Waals surface area contributed by atoms with Gasteiger partial charge in [-0.05, 0) is 81.1 Å². The minimum Gasteiger partial charge on any atom is -0.493 e. The first kappa shape index (κ1) is 22.2. The second kappa shape index (κ2) is 9.55. The molecule has 0 aliphatic carbocycles. The van der Waals surface area contributed by atoms with Gasteiger partial charge in [0.05, 0.1) is 18.6 Å². The van der Waals surface area contributed by atoms with Crippen LogP contribution in [0.1, 0.15) is 44.2 Å². The van der Waals surface area contributed by atoms with Crippen LogP contribution in [0, 0.1) is 6.92 Å². The number of benzene rings is 1. The maximum atomic E-state index is 12.9. The van der Waals surface area contributed by atoms with Gasteiger partial charge < -0.3 is 14.4 Å². The van der Waals surface area contributed by atoms with Crippen molar-refractivity contribution < 1.29 is 23.9 Å². The van der Waals surface area contributed by atoms with Gasteiger partial charge in [-0.1, -0.05) is 0 Å². The summed E-state index contributed by atoms with van der Waals surface area (Å²) in [4.78, 5) is 41.1. The van der Waals surface area contributed by atoms with E-state index >= 15 is 0 Å². The largest absolute Gasteiger partial charge is 0.493 e. The summed E-state index contributed by atoms with van der Waals surface area (Å²) in [6.07, 6.45) is 4.68. The summed E-state index contributed by atoms with van der Waals surface area (Å²) >= 11 is 0.860. The van der Waals surface area contributed by atoms with E-state index in [1.54, 1.807) is 24.2 Å². The molecule has 1 aromatic carbocycles. The quantitative estimate of drug-likeness (QED) is 0.636. The molecule has 2 aliphatic rings. The zero-order valence-corrected chi connectivity index (χ0v) is 18.7. The second-order valence-electron chi connectivity index (χ2n) is 7.49. The second-order valence-corrected chi connectivity index (χ2v) is 8.49. The number of hydrogen-bond acceptors (Lipinski definition) is 6. The van der Waals surface area contributed by atoms with E-state index in [2.05, 4.69) is 0 Å². The number of rotatable bonds is 6. The summed E-state index contributed by atoms with van der Waals surface area (Å²) in [6.45, 7) is 6.73. The van der Waals surface area contributed by atoms with Crippen LogP contribution in [0.25, 0.3) is 6.08 Å². The van der Waals surface area contributed by atoms with E-state index in [1.165, 1.54) is 0 Å². The highest BCUT2D eigenvalue weighted by molar-refractivity contribution is 8.18. The smallest absolute Gasteiger partial charge is 0.294 e. The van der Waals surface area contributed by atoms with Crippen molar-refractivity contribution in [2.75, 3.05) is 26.8 Å². The predicted octanol–water partition coefficient (Wildman–Crippen LogP) is 3.84. The van der Waals surface area contributed by atoms with Crippen molar-refractivity contribution in [1.82, 2.24) is 9.80 Å². The summed E-state index contributed by atoms with van der Waals surface area (Å²) in [5, 5.41) is -0.416. The molecular formula is C22H28N2O5S. The number of hydrogen-bond donors (Lipinski definition) is 0. The van der Waals surface area contributed by atoms with Crippen LogP contribution < -0.4 is 9.47 Å². The Hall–Kier alpha value is -2.48. The first-order chi connectivity index (χ1) is 14.3. The lowest BCUT2D eigenvalue weighted by Crippen LogP contribution is -2.47. The van der Waals surface area contributed by atoms with Gasteiger partial charge in [0.2, 0.25) is 5.91 Å². The number of amides is 3. The Labute approximate surface area is 181 Å². The Morgan fingerprint density at radius 2 is 2.03 bits per heavy atom. The van der Waals surface area contributed by atoms with Gasteiger partial charge in [0.1, 0.15) is 6.54 Å². The van der Waals surface area contributed by atoms with Gasteiger partial charge in [-0.3, -0.25) is 19.3 Å². The fourth-order valence-electron chi connectivity index (χ4n) is 3.73. The van der Waals surface area contributed by atoms with Crippen molar-refractivity contribution in [2.24, 2.45) is 0 Å². The van der Waals surface area contributed by atoms with Gasteiger partial charge in [-0.2, -0.15) is 0 Å². The lowest BCUT2D eigenvalue weighted by molar-refractivity contribution is -0.138. The van der Waals surface area contributed by atoms with Gasteiger partial charge >= 0.3 is 0 Å². The molecule has 30 heavy (non-hydrogen) atoms. The van der Waals surface area contributed by atoms with Crippen molar-refractivity contribution >= 4 is 34.9 Å². The van der Waals surface area contributed by atoms with Crippen LogP contribution in [0.15, 0.2) is 17.0 Å². The molecule has 3 amide bonds. The predicted molar refractivity (Wildman–Crippen MR) is 117 cm³/mol. The third kappa shape index (κ3) is 4.64. The third-order valence-corrected chi connectivity index (χ3v) is 6.34. The number of thioether (sulfide) groups is 1. The molecular weight excluding hydrogens is 404 g/mol. The van der Waals surface area contributed by atoms with E-state index in [4.69, 9.17) is 9.47 Å². The van der Waals surface area contributed by atoms with E-state index in [1.807, 2.05) is 26.8 Å². The summed E-state index contributed by atoms with van der Waals surface area (Å²) < 4.78 is 11.0. The fraction of sp³-hybridized carbons (Fsp3) is 0.500. The molecule has 0 spiro atoms. The Morgan fingerprint density at radius 3 is 2.70 bits per heavy atom. The zero-order chi connectivity index (χ0) is 21.8. The highest BCUT2D eigenvalue weighted by atomic mass is 32.2. The van der Waals surface area contributed by atoms with Gasteiger partial charge in [-0.25, -0.2) is 0 Å². The first-order valence-corrected chi connectivity index (χ1v) is 11.0. The molecule has 7 nitrogen and oxygen atoms in total. The maximum absolute atomic E-state index is 12.9. The van der Waals surface area contributed by atoms with Gasteiger partial charge in [0.25, 0.3) is 11.1 Å². The molecule has 0 saturated carbocycles. The highest BCUT2D eigenvalue weighted by Gasteiger charge is 2.38. The number of carbonyl (C=O) groups excluding carboxylic acids is 3. The highest BCUT2D eigenvalue weighted by Crippen LogP contribution is 2.36. The summed E-state index contributed by atoms with van der Waals surface area (Å²) in [5.41, 5.74) is 1.65. The molecule has 0 radical (unpaired) electrons. The van der Waals surface area contributed by atoms with E-state index < -0.39 is 11.1 Å². The molecule has 1 aromatic rings. The van der Waals surface area contributed by atoms with Crippen LogP contribution in [-0.2, 0) is 9.59 Å². The number of carbonyl (C=O) groups is 3. The number of likely N-dealkylation sites (tertiary alicyclic amines) is 1. The summed E-state index contributed by atoms with van der Waals surface area (Å²) in [6, 6.07) is 3.77. The average molecular weight is 433 g/mol. The third-order valence-electron chi connectivity index (χ3n) is 5.43. The van der Waals surface area contributed by atoms with E-state index in [9.17, 15) is 14.4 Å². The monoisotopic (exact) mass is 432 g/mol. The van der Waals surface area contributed by atoms with Crippen LogP contribution >= 0.6 is 11.8 Å². The maximum Gasteiger partial charge on any atom is 0.294 e. The number of piperidine rings is 1. The number of methoxy groups -OCH3 is 1. The van der Waals surface area contributed by atoms with Crippen LogP contribution in [0.4, 0.5) is 4.79 Å². The van der Waals surface area contributed by atoms with E-state index in [0.29, 0.717) is 29.6 Å². The lowest BCUT2D eigenvalue weighted by atomic mass is 10.0. The standard InChI is InChI=1S/C22H28N2O5S/c1-5-29-18-11-16(14(2)10-17(18)28-4)12-19-21(26)24(22(27)30-19)13-20(25)23-9-7-6-8-15(23)3/h10-12,15H,5-9,13H2,1-4H3/b19-12-/t15-/m1/s1. The lowest BCUT2D eigenvalue weighted by Gasteiger charge is -2.34. The first-order valence-electron chi connectivity index (χ1n) is 10.2. The molecule has 0 bridgehead atoms.